The Bertz CT molecular complexity index is 272. The second-order valence-electron chi connectivity index (χ2n) is 4.10. The van der Waals surface area contributed by atoms with Gasteiger partial charge in [-0.15, -0.1) is 0 Å². The molecule has 2 aliphatic carbocycles. The van der Waals surface area contributed by atoms with Crippen molar-refractivity contribution in [2.45, 2.75) is 31.5 Å². The Morgan fingerprint density at radius 3 is 1.93 bits per heavy atom. The lowest BCUT2D eigenvalue weighted by atomic mass is 9.95. The minimum absolute atomic E-state index is 0.271. The highest BCUT2D eigenvalue weighted by molar-refractivity contribution is 5.78. The molecular weight excluding hydrogens is 188 g/mol. The summed E-state index contributed by atoms with van der Waals surface area (Å²) < 4.78 is 14.3. The van der Waals surface area contributed by atoms with Gasteiger partial charge in [0.25, 0.3) is 0 Å². The van der Waals surface area contributed by atoms with Gasteiger partial charge >= 0.3 is 12.3 Å². The minimum atomic E-state index is -0.921. The molecular formula is C9H10O5. The SMILES string of the molecule is O=C1OC(=O)OC2C3CCC(C3)C2O1. The molecule has 1 saturated heterocycles. The first-order chi connectivity index (χ1) is 6.74. The van der Waals surface area contributed by atoms with E-state index in [2.05, 4.69) is 4.74 Å². The van der Waals surface area contributed by atoms with E-state index in [-0.39, 0.29) is 12.2 Å². The summed E-state index contributed by atoms with van der Waals surface area (Å²) in [6, 6.07) is 0. The molecule has 1 aliphatic heterocycles. The van der Waals surface area contributed by atoms with E-state index in [1.807, 2.05) is 0 Å². The molecule has 1 heterocycles. The van der Waals surface area contributed by atoms with Crippen molar-refractivity contribution in [3.8, 4) is 0 Å². The predicted octanol–water partition coefficient (Wildman–Crippen LogP) is 1.46. The third-order valence-electron chi connectivity index (χ3n) is 3.40. The van der Waals surface area contributed by atoms with Gasteiger partial charge < -0.3 is 14.2 Å². The van der Waals surface area contributed by atoms with E-state index >= 15 is 0 Å². The lowest BCUT2D eigenvalue weighted by Crippen LogP contribution is -2.36. The van der Waals surface area contributed by atoms with E-state index in [4.69, 9.17) is 9.47 Å². The molecule has 3 rings (SSSR count). The van der Waals surface area contributed by atoms with E-state index in [0.717, 1.165) is 19.3 Å². The summed E-state index contributed by atoms with van der Waals surface area (Å²) in [7, 11) is 0. The fourth-order valence-electron chi connectivity index (χ4n) is 2.85. The molecule has 5 heteroatoms. The summed E-state index contributed by atoms with van der Waals surface area (Å²) >= 11 is 0. The highest BCUT2D eigenvalue weighted by atomic mass is 16.8. The quantitative estimate of drug-likeness (QED) is 0.435. The third kappa shape index (κ3) is 1.01. The Balaban J connectivity index is 1.88. The van der Waals surface area contributed by atoms with E-state index in [1.165, 1.54) is 0 Å². The highest BCUT2D eigenvalue weighted by Crippen LogP contribution is 2.48. The van der Waals surface area contributed by atoms with Crippen LogP contribution in [0.1, 0.15) is 19.3 Å². The molecule has 0 aromatic rings. The van der Waals surface area contributed by atoms with Crippen LogP contribution in [0.15, 0.2) is 0 Å². The molecule has 0 N–H and O–H groups in total. The molecule has 3 fully saturated rings. The molecule has 14 heavy (non-hydrogen) atoms. The van der Waals surface area contributed by atoms with Gasteiger partial charge in [0.15, 0.2) is 0 Å². The van der Waals surface area contributed by atoms with E-state index in [0.29, 0.717) is 11.8 Å². The van der Waals surface area contributed by atoms with Crippen LogP contribution in [-0.2, 0) is 14.2 Å². The molecule has 3 aliphatic rings. The molecule has 0 spiro atoms. The van der Waals surface area contributed by atoms with E-state index < -0.39 is 12.3 Å². The Morgan fingerprint density at radius 1 is 0.929 bits per heavy atom. The standard InChI is InChI=1S/C9H10O5/c10-8-12-6-4-1-2-5(3-4)7(6)13-9(11)14-8/h4-7H,1-3H2. The van der Waals surface area contributed by atoms with Gasteiger partial charge in [-0.3, -0.25) is 0 Å². The van der Waals surface area contributed by atoms with Gasteiger partial charge in [-0.05, 0) is 19.3 Å². The molecule has 0 aromatic carbocycles. The van der Waals surface area contributed by atoms with Gasteiger partial charge in [-0.25, -0.2) is 9.59 Å². The zero-order valence-electron chi connectivity index (χ0n) is 7.47. The van der Waals surface area contributed by atoms with E-state index in [9.17, 15) is 9.59 Å². The maximum absolute atomic E-state index is 11.0. The van der Waals surface area contributed by atoms with Crippen LogP contribution in [0, 0.1) is 11.8 Å². The van der Waals surface area contributed by atoms with Gasteiger partial charge in [0.2, 0.25) is 0 Å². The number of rotatable bonds is 0. The van der Waals surface area contributed by atoms with Gasteiger partial charge in [0.05, 0.1) is 0 Å². The predicted molar refractivity (Wildman–Crippen MR) is 42.5 cm³/mol. The summed E-state index contributed by atoms with van der Waals surface area (Å²) in [4.78, 5) is 21.9. The number of carbonyl (C=O) groups excluding carboxylic acids is 2. The zero-order chi connectivity index (χ0) is 9.71. The second-order valence-corrected chi connectivity index (χ2v) is 4.10. The molecule has 0 aromatic heterocycles. The summed E-state index contributed by atoms with van der Waals surface area (Å²) in [6.45, 7) is 0. The molecule has 0 amide bonds. The fraction of sp³-hybridized carbons (Fsp3) is 0.778. The van der Waals surface area contributed by atoms with Crippen molar-refractivity contribution in [1.82, 2.24) is 0 Å². The number of fused-ring (bicyclic) bond motifs is 5. The monoisotopic (exact) mass is 198 g/mol. The number of carbonyl (C=O) groups is 2. The van der Waals surface area contributed by atoms with Gasteiger partial charge in [-0.1, -0.05) is 0 Å². The first-order valence-corrected chi connectivity index (χ1v) is 4.83. The lowest BCUT2D eigenvalue weighted by Gasteiger charge is -2.25. The van der Waals surface area contributed by atoms with Crippen LogP contribution in [0.2, 0.25) is 0 Å². The number of cyclic esters (lactones) is 2. The second kappa shape index (κ2) is 2.62. The number of hydrogen-bond acceptors (Lipinski definition) is 5. The summed E-state index contributed by atoms with van der Waals surface area (Å²) in [5, 5.41) is 0. The maximum Gasteiger partial charge on any atom is 0.519 e. The minimum Gasteiger partial charge on any atom is -0.426 e. The molecule has 0 radical (unpaired) electrons. The normalized spacial score (nSPS) is 44.9. The molecule has 2 bridgehead atoms. The molecule has 5 nitrogen and oxygen atoms in total. The van der Waals surface area contributed by atoms with Gasteiger partial charge in [0, 0.05) is 11.8 Å². The molecule has 2 saturated carbocycles. The average Bonchev–Trinajstić information content (AvgIpc) is 2.64. The Kier molecular flexibility index (Phi) is 1.51. The van der Waals surface area contributed by atoms with Crippen LogP contribution in [0.4, 0.5) is 9.59 Å². The molecule has 4 unspecified atom stereocenters. The van der Waals surface area contributed by atoms with Crippen molar-refractivity contribution < 1.29 is 23.8 Å². The first-order valence-electron chi connectivity index (χ1n) is 4.83. The van der Waals surface area contributed by atoms with E-state index in [1.54, 1.807) is 0 Å². The first kappa shape index (κ1) is 8.08. The van der Waals surface area contributed by atoms with Crippen molar-refractivity contribution >= 4 is 12.3 Å². The van der Waals surface area contributed by atoms with Gasteiger partial charge in [0.1, 0.15) is 12.2 Å². The zero-order valence-corrected chi connectivity index (χ0v) is 7.47. The number of ether oxygens (including phenoxy) is 3. The fourth-order valence-corrected chi connectivity index (χ4v) is 2.85. The van der Waals surface area contributed by atoms with Gasteiger partial charge in [-0.2, -0.15) is 0 Å². The van der Waals surface area contributed by atoms with Crippen LogP contribution in [0.5, 0.6) is 0 Å². The van der Waals surface area contributed by atoms with Crippen LogP contribution < -0.4 is 0 Å². The molecule has 4 atom stereocenters. The van der Waals surface area contributed by atoms with Crippen LogP contribution >= 0.6 is 0 Å². The van der Waals surface area contributed by atoms with Crippen molar-refractivity contribution in [2.75, 3.05) is 0 Å². The number of hydrogen-bond donors (Lipinski definition) is 0. The Morgan fingerprint density at radius 2 is 1.43 bits per heavy atom. The maximum atomic E-state index is 11.0. The smallest absolute Gasteiger partial charge is 0.426 e. The molecule has 76 valence electrons. The Labute approximate surface area is 80.3 Å². The van der Waals surface area contributed by atoms with Crippen LogP contribution in [-0.4, -0.2) is 24.5 Å². The van der Waals surface area contributed by atoms with Crippen molar-refractivity contribution in [2.24, 2.45) is 11.8 Å². The summed E-state index contributed by atoms with van der Waals surface area (Å²) in [5.74, 6) is 0.701. The van der Waals surface area contributed by atoms with Crippen LogP contribution in [0.3, 0.4) is 0 Å². The van der Waals surface area contributed by atoms with Crippen molar-refractivity contribution in [3.05, 3.63) is 0 Å². The summed E-state index contributed by atoms with van der Waals surface area (Å²) in [6.07, 6.45) is 0.717. The highest BCUT2D eigenvalue weighted by Gasteiger charge is 2.54. The largest absolute Gasteiger partial charge is 0.519 e. The van der Waals surface area contributed by atoms with Crippen LogP contribution in [0.25, 0.3) is 0 Å². The Hall–Kier alpha value is -1.26. The topological polar surface area (TPSA) is 61.8 Å². The van der Waals surface area contributed by atoms with Crippen molar-refractivity contribution in [3.63, 3.8) is 0 Å². The average molecular weight is 198 g/mol. The van der Waals surface area contributed by atoms with Crippen molar-refractivity contribution in [1.29, 1.82) is 0 Å². The lowest BCUT2D eigenvalue weighted by molar-refractivity contribution is -0.0170. The summed E-state index contributed by atoms with van der Waals surface area (Å²) in [5.41, 5.74) is 0. The third-order valence-corrected chi connectivity index (χ3v) is 3.40.